The first-order valence-electron chi connectivity index (χ1n) is 37.0. The Labute approximate surface area is 529 Å². The summed E-state index contributed by atoms with van der Waals surface area (Å²) in [6.07, 6.45) is 82.8. The van der Waals surface area contributed by atoms with Crippen molar-refractivity contribution in [1.82, 2.24) is 5.32 Å². The molecule has 500 valence electrons. The molecule has 0 aromatic carbocycles. The molecule has 0 radical (unpaired) electrons. The highest BCUT2D eigenvalue weighted by atomic mass is 31.2. The van der Waals surface area contributed by atoms with Crippen molar-refractivity contribution in [3.05, 3.63) is 48.6 Å². The Morgan fingerprint density at radius 2 is 0.718 bits per heavy atom. The fraction of sp³-hybridized carbons (Fsp3) is 0.867. The fourth-order valence-corrected chi connectivity index (χ4v) is 11.8. The van der Waals surface area contributed by atoms with E-state index in [0.717, 1.165) is 64.2 Å². The Morgan fingerprint density at radius 1 is 0.412 bits per heavy atom. The second-order valence-electron chi connectivity index (χ2n) is 26.5. The average Bonchev–Trinajstić information content (AvgIpc) is 3.63. The third-order valence-corrected chi connectivity index (χ3v) is 17.7. The van der Waals surface area contributed by atoms with E-state index in [0.29, 0.717) is 23.9 Å². The minimum atomic E-state index is -4.45. The van der Waals surface area contributed by atoms with Gasteiger partial charge in [0.15, 0.2) is 0 Å². The number of hydrogen-bond acceptors (Lipinski definition) is 6. The molecule has 0 aromatic rings. The predicted octanol–water partition coefficient (Wildman–Crippen LogP) is 23.6. The standard InChI is InChI=1S/C75H143N2O7P/c1-7-10-13-16-19-22-25-27-29-31-33-35-36-37-38-39-40-42-43-45-47-49-52-55-58-61-64-67-74(78)76-72(71-83-85(80,81)82-70-69-77(4,5)6)73(66-63-60-57-54-51-24-21-18-15-12-9-3)84-75(79)68-65-62-59-56-53-50-48-46-44-41-34-32-30-28-26-23-20-17-14-11-8-2/h20,23,27-30,63,66,72-73H,7-19,21-22,24-26,31-62,64-65,67-71H2,1-6H3,(H-,76,78,80,81)/p+1/b23-20-,29-27+,30-28-,66-63-. The van der Waals surface area contributed by atoms with E-state index in [2.05, 4.69) is 62.5 Å². The van der Waals surface area contributed by atoms with Crippen LogP contribution in [0.3, 0.4) is 0 Å². The molecule has 0 aliphatic rings. The quantitative estimate of drug-likeness (QED) is 0.0205. The van der Waals surface area contributed by atoms with Crippen molar-refractivity contribution in [2.45, 2.75) is 380 Å². The van der Waals surface area contributed by atoms with E-state index in [9.17, 15) is 19.0 Å². The van der Waals surface area contributed by atoms with Gasteiger partial charge in [0.25, 0.3) is 0 Å². The first-order chi connectivity index (χ1) is 41.4. The van der Waals surface area contributed by atoms with Crippen LogP contribution in [0.2, 0.25) is 0 Å². The monoisotopic (exact) mass is 1220 g/mol. The lowest BCUT2D eigenvalue weighted by molar-refractivity contribution is -0.870. The van der Waals surface area contributed by atoms with Gasteiger partial charge in [-0.05, 0) is 89.5 Å². The number of ether oxygens (including phenoxy) is 1. The molecule has 0 bridgehead atoms. The van der Waals surface area contributed by atoms with Crippen LogP contribution in [-0.2, 0) is 27.9 Å². The highest BCUT2D eigenvalue weighted by Crippen LogP contribution is 2.43. The van der Waals surface area contributed by atoms with Crippen molar-refractivity contribution >= 4 is 19.7 Å². The van der Waals surface area contributed by atoms with Gasteiger partial charge >= 0.3 is 13.8 Å². The van der Waals surface area contributed by atoms with Crippen LogP contribution in [0.15, 0.2) is 48.6 Å². The number of unbranched alkanes of at least 4 members (excludes halogenated alkanes) is 46. The molecule has 0 heterocycles. The molecule has 0 aromatic heterocycles. The lowest BCUT2D eigenvalue weighted by Crippen LogP contribution is -2.47. The van der Waals surface area contributed by atoms with Gasteiger partial charge in [0, 0.05) is 12.8 Å². The highest BCUT2D eigenvalue weighted by molar-refractivity contribution is 7.47. The maximum Gasteiger partial charge on any atom is 0.472 e. The van der Waals surface area contributed by atoms with E-state index in [4.69, 9.17) is 13.8 Å². The normalized spacial score (nSPS) is 13.7. The molecule has 0 saturated heterocycles. The molecule has 85 heavy (non-hydrogen) atoms. The molecular weight excluding hydrogens is 1070 g/mol. The van der Waals surface area contributed by atoms with Gasteiger partial charge in [0.2, 0.25) is 5.91 Å². The molecule has 0 aliphatic heterocycles. The third-order valence-electron chi connectivity index (χ3n) is 16.7. The van der Waals surface area contributed by atoms with Crippen LogP contribution in [0.1, 0.15) is 367 Å². The number of nitrogens with zero attached hydrogens (tertiary/aromatic N) is 1. The number of likely N-dealkylation sites (N-methyl/N-ethyl adjacent to an activating group) is 1. The smallest absolute Gasteiger partial charge is 0.456 e. The number of carbonyl (C=O) groups is 2. The van der Waals surface area contributed by atoms with Crippen molar-refractivity contribution in [3.8, 4) is 0 Å². The number of esters is 1. The Hall–Kier alpha value is -2.03. The number of rotatable bonds is 68. The van der Waals surface area contributed by atoms with E-state index in [1.54, 1.807) is 0 Å². The first kappa shape index (κ1) is 83.0. The maximum atomic E-state index is 13.6. The highest BCUT2D eigenvalue weighted by Gasteiger charge is 2.30. The Balaban J connectivity index is 4.93. The summed E-state index contributed by atoms with van der Waals surface area (Å²) in [5, 5.41) is 3.08. The number of phosphoric ester groups is 1. The molecular formula is C75H144N2O7P+. The largest absolute Gasteiger partial charge is 0.472 e. The van der Waals surface area contributed by atoms with Gasteiger partial charge in [-0.15, -0.1) is 0 Å². The van der Waals surface area contributed by atoms with Gasteiger partial charge < -0.3 is 19.4 Å². The van der Waals surface area contributed by atoms with Crippen LogP contribution < -0.4 is 5.32 Å². The van der Waals surface area contributed by atoms with Gasteiger partial charge in [0.05, 0.1) is 33.8 Å². The van der Waals surface area contributed by atoms with E-state index in [1.165, 1.54) is 270 Å². The summed E-state index contributed by atoms with van der Waals surface area (Å²) in [6.45, 7) is 7.03. The summed E-state index contributed by atoms with van der Waals surface area (Å²) in [5.74, 6) is -0.490. The Kier molecular flexibility index (Phi) is 63.4. The zero-order valence-corrected chi connectivity index (χ0v) is 58.3. The van der Waals surface area contributed by atoms with Crippen molar-refractivity contribution in [1.29, 1.82) is 0 Å². The van der Waals surface area contributed by atoms with Crippen molar-refractivity contribution in [2.75, 3.05) is 40.9 Å². The van der Waals surface area contributed by atoms with Crippen LogP contribution in [0.4, 0.5) is 0 Å². The molecule has 0 spiro atoms. The SMILES string of the molecule is CCCCC/C=C\C/C=C\CCCCCCCCCCCCCC(=O)OC(/C=C\CCCCCCCCCCC)C(COP(=O)(O)OCC[N+](C)(C)C)NC(=O)CCCCCCCCCCCCCCCCCCC/C=C/CCCCCCCC. The number of nitrogens with one attached hydrogen (secondary N) is 1. The van der Waals surface area contributed by atoms with Crippen molar-refractivity contribution < 1.29 is 37.3 Å². The van der Waals surface area contributed by atoms with Crippen LogP contribution in [0.5, 0.6) is 0 Å². The van der Waals surface area contributed by atoms with E-state index < -0.39 is 20.0 Å². The summed E-state index contributed by atoms with van der Waals surface area (Å²) in [4.78, 5) is 37.9. The summed E-state index contributed by atoms with van der Waals surface area (Å²) >= 11 is 0. The van der Waals surface area contributed by atoms with Gasteiger partial charge in [-0.2, -0.15) is 0 Å². The minimum absolute atomic E-state index is 0.0417. The van der Waals surface area contributed by atoms with Crippen LogP contribution >= 0.6 is 7.82 Å². The molecule has 3 atom stereocenters. The lowest BCUT2D eigenvalue weighted by Gasteiger charge is -2.27. The molecule has 1 amide bonds. The molecule has 0 fully saturated rings. The summed E-state index contributed by atoms with van der Waals surface area (Å²) in [6, 6.07) is -0.848. The van der Waals surface area contributed by atoms with E-state index in [-0.39, 0.29) is 25.1 Å². The van der Waals surface area contributed by atoms with Crippen molar-refractivity contribution in [3.63, 3.8) is 0 Å². The van der Waals surface area contributed by atoms with Crippen LogP contribution in [0, 0.1) is 0 Å². The first-order valence-corrected chi connectivity index (χ1v) is 38.5. The Morgan fingerprint density at radius 3 is 1.09 bits per heavy atom. The third kappa shape index (κ3) is 66.2. The summed E-state index contributed by atoms with van der Waals surface area (Å²) in [7, 11) is 1.51. The average molecular weight is 1220 g/mol. The summed E-state index contributed by atoms with van der Waals surface area (Å²) < 4.78 is 30.8. The topological polar surface area (TPSA) is 111 Å². The second-order valence-corrected chi connectivity index (χ2v) is 27.9. The number of allylic oxidation sites excluding steroid dienone is 7. The zero-order chi connectivity index (χ0) is 62.1. The summed E-state index contributed by atoms with van der Waals surface area (Å²) in [5.41, 5.74) is 0. The molecule has 2 N–H and O–H groups in total. The zero-order valence-electron chi connectivity index (χ0n) is 57.4. The van der Waals surface area contributed by atoms with Gasteiger partial charge in [-0.3, -0.25) is 18.6 Å². The van der Waals surface area contributed by atoms with Crippen LogP contribution in [-0.4, -0.2) is 74.3 Å². The second kappa shape index (κ2) is 64.9. The van der Waals surface area contributed by atoms with E-state index >= 15 is 0 Å². The molecule has 3 unspecified atom stereocenters. The molecule has 10 heteroatoms. The van der Waals surface area contributed by atoms with Gasteiger partial charge in [-0.25, -0.2) is 4.57 Å². The molecule has 0 aliphatic carbocycles. The van der Waals surface area contributed by atoms with Crippen LogP contribution in [0.25, 0.3) is 0 Å². The van der Waals surface area contributed by atoms with E-state index in [1.807, 2.05) is 33.3 Å². The number of quaternary nitrogens is 1. The molecule has 0 rings (SSSR count). The fourth-order valence-electron chi connectivity index (χ4n) is 11.0. The minimum Gasteiger partial charge on any atom is -0.456 e. The number of amides is 1. The number of phosphoric acid groups is 1. The van der Waals surface area contributed by atoms with Gasteiger partial charge in [-0.1, -0.05) is 314 Å². The molecule has 9 nitrogen and oxygen atoms in total. The number of hydrogen-bond donors (Lipinski definition) is 2. The molecule has 0 saturated carbocycles. The maximum absolute atomic E-state index is 13.6. The lowest BCUT2D eigenvalue weighted by atomic mass is 10.0. The Bertz CT molecular complexity index is 1590. The predicted molar refractivity (Wildman–Crippen MR) is 369 cm³/mol. The van der Waals surface area contributed by atoms with Crippen molar-refractivity contribution in [2.24, 2.45) is 0 Å². The van der Waals surface area contributed by atoms with Gasteiger partial charge in [0.1, 0.15) is 19.3 Å². The number of carbonyl (C=O) groups excluding carboxylic acids is 2.